The Morgan fingerprint density at radius 1 is 0.893 bits per heavy atom. The molecule has 450 valence electrons. The van der Waals surface area contributed by atoms with Crippen LogP contribution in [0.1, 0.15) is 92.0 Å². The largest absolute Gasteiger partial charge is 0.508 e. The van der Waals surface area contributed by atoms with Gasteiger partial charge in [-0.05, 0) is 105 Å². The number of nitrogens with zero attached hydrogens (tertiary/aromatic N) is 7. The summed E-state index contributed by atoms with van der Waals surface area (Å²) in [5, 5.41) is 29.2. The third kappa shape index (κ3) is 14.8. The number of aryl methyl sites for hydroxylation is 1. The van der Waals surface area contributed by atoms with E-state index in [4.69, 9.17) is 35.5 Å². The van der Waals surface area contributed by atoms with Crippen LogP contribution in [0.3, 0.4) is 0 Å². The number of likely N-dealkylation sites (tertiary alicyclic amines) is 2. The van der Waals surface area contributed by atoms with Crippen LogP contribution in [0, 0.1) is 18.2 Å². The van der Waals surface area contributed by atoms with Crippen LogP contribution in [0.5, 0.6) is 11.8 Å². The summed E-state index contributed by atoms with van der Waals surface area (Å²) in [6.45, 7) is 20.1. The molecule has 3 fully saturated rings. The van der Waals surface area contributed by atoms with Crippen LogP contribution >= 0.6 is 22.9 Å². The number of amides is 4. The molecule has 5 heterocycles. The average Bonchev–Trinajstić information content (AvgIpc) is 2.26. The van der Waals surface area contributed by atoms with Gasteiger partial charge in [0.25, 0.3) is 0 Å². The second-order valence-electron chi connectivity index (χ2n) is 24.2. The molecule has 0 aliphatic carbocycles. The number of piperazine rings is 1. The number of fused-ring (bicyclic) bond motifs is 2. The smallest absolute Gasteiger partial charge is 0.410 e. The number of aromatic hydroxyl groups is 1. The van der Waals surface area contributed by atoms with Gasteiger partial charge in [0.05, 0.1) is 52.6 Å². The third-order valence-corrected chi connectivity index (χ3v) is 16.7. The Morgan fingerprint density at radius 3 is 2.29 bits per heavy atom. The highest BCUT2D eigenvalue weighted by Crippen LogP contribution is 2.43. The van der Waals surface area contributed by atoms with E-state index in [1.165, 1.54) is 11.0 Å². The van der Waals surface area contributed by atoms with E-state index < -0.39 is 59.0 Å². The first-order valence-corrected chi connectivity index (χ1v) is 30.0. The summed E-state index contributed by atoms with van der Waals surface area (Å²) >= 11 is 8.54. The summed E-state index contributed by atoms with van der Waals surface area (Å²) in [5.41, 5.74) is 3.78. The van der Waals surface area contributed by atoms with Crippen LogP contribution in [0.15, 0.2) is 72.2 Å². The number of aliphatic hydroxyl groups excluding tert-OH is 1. The molecule has 0 radical (unpaired) electrons. The molecular weight excluding hydrogens is 1120 g/mol. The van der Waals surface area contributed by atoms with Crippen LogP contribution < -0.4 is 20.3 Å². The van der Waals surface area contributed by atoms with Crippen LogP contribution in [0.4, 0.5) is 15.0 Å². The Kier molecular flexibility index (Phi) is 19.3. The van der Waals surface area contributed by atoms with Gasteiger partial charge in [0, 0.05) is 69.7 Å². The van der Waals surface area contributed by atoms with Crippen LogP contribution in [0.2, 0.25) is 5.02 Å². The Labute approximate surface area is 498 Å². The number of carbonyl (C=O) groups excluding carboxylic acids is 4. The summed E-state index contributed by atoms with van der Waals surface area (Å²) in [6.07, 6.45) is -0.246. The third-order valence-electron chi connectivity index (χ3n) is 15.4. The van der Waals surface area contributed by atoms with E-state index >= 15 is 4.39 Å². The van der Waals surface area contributed by atoms with Gasteiger partial charge in [-0.1, -0.05) is 80.9 Å². The van der Waals surface area contributed by atoms with Gasteiger partial charge in [0.2, 0.25) is 17.7 Å². The second-order valence-corrected chi connectivity index (χ2v) is 25.4. The normalized spacial score (nSPS) is 18.5. The molecule has 4 aromatic carbocycles. The highest BCUT2D eigenvalue weighted by atomic mass is 35.5. The molecule has 0 saturated carbocycles. The van der Waals surface area contributed by atoms with E-state index in [0.717, 1.165) is 34.5 Å². The fraction of sp³-hybridized carbons (Fsp3) is 0.500. The number of aliphatic hydroxyl groups is 1. The molecule has 84 heavy (non-hydrogen) atoms. The number of halogens is 2. The number of benzene rings is 4. The Balaban J connectivity index is 0.760. The number of β-amino-alcohol motifs (C(OH)–C–C–N with tert-alkyl or cyclic N) is 1. The molecule has 0 bridgehead atoms. The van der Waals surface area contributed by atoms with Crippen molar-refractivity contribution in [1.82, 2.24) is 40.3 Å². The first-order valence-electron chi connectivity index (χ1n) is 28.7. The standard InChI is InChI=1S/C62H77ClFN9O10S/c1-36(82-59-68-53-47(56(69-59)71-22-24-72(25-23-71)60(79)83-62(7,8)9)31-48(63)51(52(53)64)46-29-42(74)28-41-12-10-11-13-45(41)46)32-70-20-18-44(19-21-70)81-27-26-80-34-50(76)67-55(61(4,5)6)58(78)73-33-43(75)30-49(73)57(77)66-37(2)39-14-16-40(17-15-39)54-38(3)65-35-84-54/h10-17,28-29,31,35-37,43-44,49,55,74-75H,18-27,30,32-34H2,1-9H3,(H,66,77)(H,67,76)/t36?,37-,43+,49-,55?/m0/s1. The zero-order chi connectivity index (χ0) is 60.2. The lowest BCUT2D eigenvalue weighted by Crippen LogP contribution is -2.58. The van der Waals surface area contributed by atoms with Gasteiger partial charge in [-0.3, -0.25) is 19.3 Å². The highest BCUT2D eigenvalue weighted by Gasteiger charge is 2.45. The fourth-order valence-corrected chi connectivity index (χ4v) is 12.2. The Morgan fingerprint density at radius 2 is 1.61 bits per heavy atom. The van der Waals surface area contributed by atoms with Crippen molar-refractivity contribution in [2.45, 2.75) is 124 Å². The molecule has 2 aromatic heterocycles. The summed E-state index contributed by atoms with van der Waals surface area (Å²) in [7, 11) is 0. The first kappa shape index (κ1) is 61.8. The molecule has 5 atom stereocenters. The molecule has 0 spiro atoms. The van der Waals surface area contributed by atoms with Crippen LogP contribution in [-0.4, -0.2) is 172 Å². The molecule has 3 aliphatic heterocycles. The minimum Gasteiger partial charge on any atom is -0.508 e. The molecule has 6 aromatic rings. The minimum absolute atomic E-state index is 0.00205. The van der Waals surface area contributed by atoms with E-state index in [0.29, 0.717) is 73.4 Å². The first-order chi connectivity index (χ1) is 39.9. The quantitative estimate of drug-likeness (QED) is 0.0590. The number of hydrogen-bond donors (Lipinski definition) is 4. The van der Waals surface area contributed by atoms with E-state index in [2.05, 4.69) is 25.5 Å². The maximum Gasteiger partial charge on any atom is 0.410 e. The van der Waals surface area contributed by atoms with E-state index in [1.807, 2.05) is 121 Å². The summed E-state index contributed by atoms with van der Waals surface area (Å²) in [6, 6.07) is 17.7. The molecular formula is C62H77ClFN9O10S. The van der Waals surface area contributed by atoms with Gasteiger partial charge in [-0.15, -0.1) is 11.3 Å². The van der Waals surface area contributed by atoms with Gasteiger partial charge in [0.15, 0.2) is 5.82 Å². The van der Waals surface area contributed by atoms with Crippen LogP contribution in [-0.2, 0) is 28.6 Å². The van der Waals surface area contributed by atoms with Gasteiger partial charge in [-0.25, -0.2) is 14.2 Å². The number of ether oxygens (including phenoxy) is 4. The Hall–Kier alpha value is -6.75. The van der Waals surface area contributed by atoms with Crippen molar-refractivity contribution in [3.8, 4) is 33.3 Å². The van der Waals surface area contributed by atoms with Crippen molar-refractivity contribution in [1.29, 1.82) is 0 Å². The number of thiazole rings is 1. The maximum atomic E-state index is 17.3. The number of phenols is 1. The predicted molar refractivity (Wildman–Crippen MR) is 322 cm³/mol. The number of anilines is 1. The number of aromatic nitrogens is 3. The number of carbonyl (C=O) groups is 4. The lowest BCUT2D eigenvalue weighted by atomic mass is 9.85. The minimum atomic E-state index is -1.00. The van der Waals surface area contributed by atoms with Crippen molar-refractivity contribution in [3.05, 3.63) is 94.3 Å². The molecule has 4 amide bonds. The molecule has 4 N–H and O–H groups in total. The molecule has 2 unspecified atom stereocenters. The van der Waals surface area contributed by atoms with E-state index in [1.54, 1.807) is 28.4 Å². The second kappa shape index (κ2) is 26.3. The lowest BCUT2D eigenvalue weighted by Gasteiger charge is -2.36. The van der Waals surface area contributed by atoms with Crippen molar-refractivity contribution in [3.63, 3.8) is 0 Å². The van der Waals surface area contributed by atoms with Gasteiger partial charge in [0.1, 0.15) is 47.5 Å². The number of phenolic OH excluding ortho intramolecular Hbond substituents is 1. The zero-order valence-electron chi connectivity index (χ0n) is 49.2. The van der Waals surface area contributed by atoms with Gasteiger partial charge in [-0.2, -0.15) is 9.97 Å². The molecule has 22 heteroatoms. The van der Waals surface area contributed by atoms with Crippen molar-refractivity contribution >= 4 is 74.2 Å². The zero-order valence-corrected chi connectivity index (χ0v) is 50.8. The fourth-order valence-electron chi connectivity index (χ4n) is 11.1. The molecule has 9 rings (SSSR count). The molecule has 3 aliphatic rings. The summed E-state index contributed by atoms with van der Waals surface area (Å²) < 4.78 is 41.2. The van der Waals surface area contributed by atoms with Crippen molar-refractivity contribution < 1.29 is 52.7 Å². The lowest BCUT2D eigenvalue weighted by molar-refractivity contribution is -0.144. The highest BCUT2D eigenvalue weighted by molar-refractivity contribution is 7.13. The SMILES string of the molecule is Cc1ncsc1-c1ccc([C@H](C)NC(=O)[C@@H]2C[C@@H](O)CN2C(=O)C(NC(=O)COCCOC2CCN(CC(C)Oc3nc(N4CCN(C(=O)OC(C)(C)C)CC4)c4cc(Cl)c(-c5cc(O)cc6ccccc56)c(F)c4n3)CC2)C(C)(C)C)cc1. The van der Waals surface area contributed by atoms with Crippen molar-refractivity contribution in [2.24, 2.45) is 5.41 Å². The predicted octanol–water partition coefficient (Wildman–Crippen LogP) is 9.07. The van der Waals surface area contributed by atoms with E-state index in [9.17, 15) is 29.4 Å². The molecule has 3 saturated heterocycles. The topological polar surface area (TPSA) is 221 Å². The Bertz CT molecular complexity index is 3340. The monoisotopic (exact) mass is 1190 g/mol. The summed E-state index contributed by atoms with van der Waals surface area (Å²) in [4.78, 5) is 76.5. The maximum absolute atomic E-state index is 17.3. The van der Waals surface area contributed by atoms with Gasteiger partial charge >= 0.3 is 12.1 Å². The number of rotatable bonds is 18. The van der Waals surface area contributed by atoms with Gasteiger partial charge < -0.3 is 54.5 Å². The average molecular weight is 1190 g/mol. The number of nitrogens with one attached hydrogen (secondary N) is 2. The molecule has 19 nitrogen and oxygen atoms in total. The number of hydrogen-bond acceptors (Lipinski definition) is 16. The van der Waals surface area contributed by atoms with E-state index in [-0.39, 0.29) is 78.7 Å². The van der Waals surface area contributed by atoms with Crippen molar-refractivity contribution in [2.75, 3.05) is 77.1 Å². The number of piperidine rings is 1. The summed E-state index contributed by atoms with van der Waals surface area (Å²) in [5.74, 6) is -1.67. The van der Waals surface area contributed by atoms with Crippen LogP contribution in [0.25, 0.3) is 43.2 Å².